The smallest absolute Gasteiger partial charge is 0.317 e. The van der Waals surface area contributed by atoms with E-state index in [0.29, 0.717) is 5.56 Å². The van der Waals surface area contributed by atoms with Crippen molar-refractivity contribution in [2.45, 2.75) is 38.7 Å². The lowest BCUT2D eigenvalue weighted by atomic mass is 9.61. The summed E-state index contributed by atoms with van der Waals surface area (Å²) in [5, 5.41) is 20.8. The highest BCUT2D eigenvalue weighted by atomic mass is 16.5. The summed E-state index contributed by atoms with van der Waals surface area (Å²) >= 11 is 0. The van der Waals surface area contributed by atoms with Gasteiger partial charge in [0.1, 0.15) is 5.92 Å². The molecule has 154 valence electrons. The van der Waals surface area contributed by atoms with E-state index < -0.39 is 41.1 Å². The number of rotatable bonds is 6. The molecule has 1 saturated carbocycles. The van der Waals surface area contributed by atoms with Crippen LogP contribution in [0.4, 0.5) is 0 Å². The maximum atomic E-state index is 12.8. The molecule has 0 unspecified atom stereocenters. The third-order valence-corrected chi connectivity index (χ3v) is 4.94. The Morgan fingerprint density at radius 2 is 1.79 bits per heavy atom. The summed E-state index contributed by atoms with van der Waals surface area (Å²) in [6.07, 6.45) is -0.383. The second-order valence-electron chi connectivity index (χ2n) is 6.92. The van der Waals surface area contributed by atoms with Crippen LogP contribution >= 0.6 is 0 Å². The molecule has 1 aliphatic carbocycles. The Morgan fingerprint density at radius 1 is 1.18 bits per heavy atom. The summed E-state index contributed by atoms with van der Waals surface area (Å²) in [4.78, 5) is 38.1. The lowest BCUT2D eigenvalue weighted by Gasteiger charge is -2.43. The van der Waals surface area contributed by atoms with Crippen LogP contribution < -0.4 is 4.74 Å². The SMILES string of the molecule is CCOC(=O)[C@@H]1C(=O)C[C@](C)(O)[C@@H](C(=O)OCC)[C@@H]1c1ccc(O)c(OC)c1. The van der Waals surface area contributed by atoms with E-state index in [1.807, 2.05) is 0 Å². The third-order valence-electron chi connectivity index (χ3n) is 4.94. The first kappa shape index (κ1) is 21.7. The number of Topliss-reactive ketones (excluding diaryl/α,β-unsaturated/α-hetero) is 1. The standard InChI is InChI=1S/C20H26O8/c1-5-27-18(23)16-13(22)10-20(3,25)17(19(24)28-6-2)15(16)11-7-8-12(21)14(9-11)26-4/h7-9,15-17,21,25H,5-6,10H2,1-4H3/t15-,16-,17-,20+/m1/s1. The fourth-order valence-electron chi connectivity index (χ4n) is 3.78. The zero-order valence-electron chi connectivity index (χ0n) is 16.4. The number of phenols is 1. The Bertz CT molecular complexity index is 755. The molecular weight excluding hydrogens is 368 g/mol. The van der Waals surface area contributed by atoms with E-state index in [4.69, 9.17) is 14.2 Å². The highest BCUT2D eigenvalue weighted by molar-refractivity contribution is 6.02. The minimum Gasteiger partial charge on any atom is -0.504 e. The molecule has 1 fully saturated rings. The Balaban J connectivity index is 2.66. The number of hydrogen-bond donors (Lipinski definition) is 2. The van der Waals surface area contributed by atoms with Crippen molar-refractivity contribution in [1.82, 2.24) is 0 Å². The quantitative estimate of drug-likeness (QED) is 0.551. The Kier molecular flexibility index (Phi) is 6.66. The Morgan fingerprint density at radius 3 is 2.36 bits per heavy atom. The van der Waals surface area contributed by atoms with Crippen LogP contribution in [0.15, 0.2) is 18.2 Å². The lowest BCUT2D eigenvalue weighted by molar-refractivity contribution is -0.172. The summed E-state index contributed by atoms with van der Waals surface area (Å²) in [7, 11) is 1.35. The maximum Gasteiger partial charge on any atom is 0.317 e. The number of phenolic OH excluding ortho intramolecular Hbond substituents is 1. The van der Waals surface area contributed by atoms with Crippen LogP contribution in [0.25, 0.3) is 0 Å². The molecule has 0 spiro atoms. The molecule has 0 aliphatic heterocycles. The number of aromatic hydroxyl groups is 1. The fraction of sp³-hybridized carbons (Fsp3) is 0.550. The van der Waals surface area contributed by atoms with Crippen molar-refractivity contribution in [2.24, 2.45) is 11.8 Å². The zero-order valence-corrected chi connectivity index (χ0v) is 16.4. The summed E-state index contributed by atoms with van der Waals surface area (Å²) in [6.45, 7) is 4.76. The van der Waals surface area contributed by atoms with Gasteiger partial charge in [0.2, 0.25) is 0 Å². The molecule has 0 heterocycles. The van der Waals surface area contributed by atoms with E-state index in [1.54, 1.807) is 13.8 Å². The van der Waals surface area contributed by atoms with Crippen molar-refractivity contribution in [1.29, 1.82) is 0 Å². The number of carbonyl (C=O) groups is 3. The maximum absolute atomic E-state index is 12.8. The molecule has 0 radical (unpaired) electrons. The molecule has 28 heavy (non-hydrogen) atoms. The minimum atomic E-state index is -1.72. The van der Waals surface area contributed by atoms with Gasteiger partial charge in [0, 0.05) is 12.3 Å². The Hall–Kier alpha value is -2.61. The molecule has 8 heteroatoms. The van der Waals surface area contributed by atoms with Crippen molar-refractivity contribution >= 4 is 17.7 Å². The van der Waals surface area contributed by atoms with Crippen molar-refractivity contribution in [3.05, 3.63) is 23.8 Å². The minimum absolute atomic E-state index is 0.0642. The predicted molar refractivity (Wildman–Crippen MR) is 97.9 cm³/mol. The van der Waals surface area contributed by atoms with Crippen LogP contribution in [-0.2, 0) is 23.9 Å². The van der Waals surface area contributed by atoms with Gasteiger partial charge in [-0.25, -0.2) is 0 Å². The molecule has 2 N–H and O–H groups in total. The van der Waals surface area contributed by atoms with E-state index in [0.717, 1.165) is 0 Å². The topological polar surface area (TPSA) is 119 Å². The van der Waals surface area contributed by atoms with Crippen LogP contribution in [0.1, 0.15) is 38.7 Å². The van der Waals surface area contributed by atoms with Gasteiger partial charge in [-0.1, -0.05) is 6.07 Å². The van der Waals surface area contributed by atoms with Gasteiger partial charge in [0.25, 0.3) is 0 Å². The first-order chi connectivity index (χ1) is 13.2. The first-order valence-corrected chi connectivity index (χ1v) is 9.13. The van der Waals surface area contributed by atoms with Gasteiger partial charge in [-0.15, -0.1) is 0 Å². The normalized spacial score (nSPS) is 27.2. The van der Waals surface area contributed by atoms with Gasteiger partial charge in [-0.05, 0) is 38.5 Å². The van der Waals surface area contributed by atoms with E-state index in [9.17, 15) is 24.6 Å². The van der Waals surface area contributed by atoms with Gasteiger partial charge >= 0.3 is 11.9 Å². The third kappa shape index (κ3) is 4.11. The van der Waals surface area contributed by atoms with Gasteiger partial charge in [0.05, 0.1) is 31.8 Å². The van der Waals surface area contributed by atoms with E-state index in [2.05, 4.69) is 0 Å². The first-order valence-electron chi connectivity index (χ1n) is 9.13. The largest absolute Gasteiger partial charge is 0.504 e. The molecule has 0 amide bonds. The molecule has 4 atom stereocenters. The number of aliphatic hydroxyl groups is 1. The number of hydrogen-bond acceptors (Lipinski definition) is 8. The van der Waals surface area contributed by atoms with Crippen molar-refractivity contribution in [3.63, 3.8) is 0 Å². The molecule has 1 aliphatic rings. The Labute approximate surface area is 163 Å². The highest BCUT2D eigenvalue weighted by Crippen LogP contribution is 2.47. The summed E-state index contributed by atoms with van der Waals surface area (Å²) in [5.74, 6) is -5.55. The molecule has 0 bridgehead atoms. The van der Waals surface area contributed by atoms with Crippen LogP contribution in [0.2, 0.25) is 0 Å². The zero-order chi connectivity index (χ0) is 21.1. The molecule has 8 nitrogen and oxygen atoms in total. The molecular formula is C20H26O8. The second kappa shape index (κ2) is 8.60. The van der Waals surface area contributed by atoms with Crippen LogP contribution in [0, 0.1) is 11.8 Å². The summed E-state index contributed by atoms with van der Waals surface area (Å²) < 4.78 is 15.3. The van der Waals surface area contributed by atoms with Gasteiger partial charge < -0.3 is 24.4 Å². The van der Waals surface area contributed by atoms with E-state index in [-0.39, 0.29) is 31.1 Å². The van der Waals surface area contributed by atoms with Crippen LogP contribution in [-0.4, -0.2) is 53.9 Å². The molecule has 0 aromatic heterocycles. The van der Waals surface area contributed by atoms with Crippen LogP contribution in [0.5, 0.6) is 11.5 Å². The second-order valence-corrected chi connectivity index (χ2v) is 6.92. The molecule has 0 saturated heterocycles. The van der Waals surface area contributed by atoms with Gasteiger partial charge in [0.15, 0.2) is 17.3 Å². The van der Waals surface area contributed by atoms with Crippen LogP contribution in [0.3, 0.4) is 0 Å². The van der Waals surface area contributed by atoms with Crippen molar-refractivity contribution < 1.29 is 38.8 Å². The van der Waals surface area contributed by atoms with Gasteiger partial charge in [-0.3, -0.25) is 14.4 Å². The number of esters is 2. The summed E-state index contributed by atoms with van der Waals surface area (Å²) in [5.41, 5.74) is -1.35. The number of ketones is 1. The fourth-order valence-corrected chi connectivity index (χ4v) is 3.78. The monoisotopic (exact) mass is 394 g/mol. The number of benzene rings is 1. The average molecular weight is 394 g/mol. The number of carbonyl (C=O) groups excluding carboxylic acids is 3. The highest BCUT2D eigenvalue weighted by Gasteiger charge is 2.57. The molecule has 1 aromatic rings. The predicted octanol–water partition coefficient (Wildman–Crippen LogP) is 1.57. The molecule has 2 rings (SSSR count). The summed E-state index contributed by atoms with van der Waals surface area (Å²) in [6, 6.07) is 4.26. The number of ether oxygens (including phenoxy) is 3. The van der Waals surface area contributed by atoms with E-state index >= 15 is 0 Å². The lowest BCUT2D eigenvalue weighted by Crippen LogP contribution is -2.55. The van der Waals surface area contributed by atoms with E-state index in [1.165, 1.54) is 32.2 Å². The van der Waals surface area contributed by atoms with Crippen molar-refractivity contribution in [3.8, 4) is 11.5 Å². The van der Waals surface area contributed by atoms with Crippen molar-refractivity contribution in [2.75, 3.05) is 20.3 Å². The van der Waals surface area contributed by atoms with Gasteiger partial charge in [-0.2, -0.15) is 0 Å². The average Bonchev–Trinajstić information content (AvgIpc) is 2.61. The number of methoxy groups -OCH3 is 1. The molecule has 1 aromatic carbocycles.